The van der Waals surface area contributed by atoms with E-state index in [1.54, 1.807) is 30.5 Å². The Morgan fingerprint density at radius 1 is 1.23 bits per heavy atom. The van der Waals surface area contributed by atoms with Crippen molar-refractivity contribution < 1.29 is 9.21 Å². The first-order valence-electron chi connectivity index (χ1n) is 7.82. The number of benzene rings is 1. The van der Waals surface area contributed by atoms with E-state index < -0.39 is 0 Å². The maximum Gasteiger partial charge on any atom is 0.234 e. The molecule has 0 atom stereocenters. The predicted molar refractivity (Wildman–Crippen MR) is 104 cm³/mol. The van der Waals surface area contributed by atoms with Crippen LogP contribution in [0.4, 0.5) is 5.69 Å². The zero-order valence-electron chi connectivity index (χ0n) is 14.1. The summed E-state index contributed by atoms with van der Waals surface area (Å²) in [5, 5.41) is 12.5. The number of thioether (sulfide) groups is 1. The third-order valence-corrected chi connectivity index (χ3v) is 5.06. The van der Waals surface area contributed by atoms with Gasteiger partial charge in [0.2, 0.25) is 11.7 Å². The zero-order valence-corrected chi connectivity index (χ0v) is 16.4. The lowest BCUT2D eigenvalue weighted by Crippen LogP contribution is -2.15. The number of amides is 1. The largest absolute Gasteiger partial charge is 0.461 e. The fraction of sp³-hybridized carbons (Fsp3) is 0.235. The second-order valence-electron chi connectivity index (χ2n) is 5.68. The molecule has 1 amide bonds. The minimum atomic E-state index is -0.233. The van der Waals surface area contributed by atoms with E-state index >= 15 is 0 Å². The Kier molecular flexibility index (Phi) is 5.90. The summed E-state index contributed by atoms with van der Waals surface area (Å²) >= 11 is 13.4. The first-order valence-corrected chi connectivity index (χ1v) is 9.57. The van der Waals surface area contributed by atoms with Crippen molar-refractivity contribution in [2.24, 2.45) is 0 Å². The van der Waals surface area contributed by atoms with Gasteiger partial charge in [-0.2, -0.15) is 0 Å². The normalized spacial score (nSPS) is 11.1. The highest BCUT2D eigenvalue weighted by Crippen LogP contribution is 2.31. The molecule has 26 heavy (non-hydrogen) atoms. The van der Waals surface area contributed by atoms with Gasteiger partial charge >= 0.3 is 0 Å². The molecule has 0 spiro atoms. The van der Waals surface area contributed by atoms with Gasteiger partial charge in [0.05, 0.1) is 27.7 Å². The van der Waals surface area contributed by atoms with Crippen molar-refractivity contribution in [2.45, 2.75) is 25.0 Å². The lowest BCUT2D eigenvalue weighted by Gasteiger charge is -2.13. The molecule has 0 aliphatic heterocycles. The van der Waals surface area contributed by atoms with Crippen LogP contribution in [0.1, 0.15) is 19.9 Å². The Balaban J connectivity index is 1.73. The van der Waals surface area contributed by atoms with E-state index in [9.17, 15) is 4.79 Å². The van der Waals surface area contributed by atoms with Crippen LogP contribution in [0.5, 0.6) is 0 Å². The van der Waals surface area contributed by atoms with Crippen molar-refractivity contribution in [3.05, 3.63) is 46.6 Å². The molecule has 3 rings (SSSR count). The molecule has 0 unspecified atom stereocenters. The van der Waals surface area contributed by atoms with Gasteiger partial charge in [0.1, 0.15) is 0 Å². The number of hydrogen-bond donors (Lipinski definition) is 1. The van der Waals surface area contributed by atoms with Gasteiger partial charge in [-0.1, -0.05) is 41.0 Å². The topological polar surface area (TPSA) is 73.0 Å². The molecule has 2 aromatic heterocycles. The molecule has 3 aromatic rings. The van der Waals surface area contributed by atoms with Crippen LogP contribution in [0.3, 0.4) is 0 Å². The zero-order chi connectivity index (χ0) is 18.7. The highest BCUT2D eigenvalue weighted by molar-refractivity contribution is 7.99. The van der Waals surface area contributed by atoms with E-state index in [0.29, 0.717) is 32.5 Å². The summed E-state index contributed by atoms with van der Waals surface area (Å²) in [5.41, 5.74) is 0.406. The average Bonchev–Trinajstić information content (AvgIpc) is 3.25. The number of aromatic nitrogens is 3. The molecule has 2 heterocycles. The number of anilines is 1. The average molecular weight is 411 g/mol. The number of halogens is 2. The maximum atomic E-state index is 12.3. The molecule has 136 valence electrons. The van der Waals surface area contributed by atoms with E-state index in [1.165, 1.54) is 11.8 Å². The summed E-state index contributed by atoms with van der Waals surface area (Å²) in [7, 11) is 0. The molecular weight excluding hydrogens is 395 g/mol. The molecular formula is C17H16Cl2N4O2S. The van der Waals surface area contributed by atoms with Crippen LogP contribution < -0.4 is 5.32 Å². The number of rotatable bonds is 6. The second kappa shape index (κ2) is 8.16. The number of carbonyl (C=O) groups excluding carboxylic acids is 1. The van der Waals surface area contributed by atoms with E-state index in [4.69, 9.17) is 27.6 Å². The van der Waals surface area contributed by atoms with Crippen molar-refractivity contribution in [3.8, 4) is 11.6 Å². The first kappa shape index (κ1) is 18.8. The fourth-order valence-electron chi connectivity index (χ4n) is 2.34. The molecule has 9 heteroatoms. The van der Waals surface area contributed by atoms with Crippen molar-refractivity contribution in [1.29, 1.82) is 0 Å². The highest BCUT2D eigenvalue weighted by atomic mass is 35.5. The van der Waals surface area contributed by atoms with Gasteiger partial charge in [-0.3, -0.25) is 9.36 Å². The quantitative estimate of drug-likeness (QED) is 0.568. The Morgan fingerprint density at radius 3 is 2.58 bits per heavy atom. The molecule has 0 saturated heterocycles. The molecule has 0 bridgehead atoms. The highest BCUT2D eigenvalue weighted by Gasteiger charge is 2.19. The molecule has 0 aliphatic rings. The Morgan fingerprint density at radius 2 is 1.96 bits per heavy atom. The van der Waals surface area contributed by atoms with Crippen LogP contribution in [0.15, 0.2) is 46.2 Å². The monoisotopic (exact) mass is 410 g/mol. The molecule has 0 aliphatic carbocycles. The Labute approximate surface area is 164 Å². The lowest BCUT2D eigenvalue weighted by atomic mass is 10.3. The van der Waals surface area contributed by atoms with Crippen molar-refractivity contribution in [3.63, 3.8) is 0 Å². The minimum Gasteiger partial charge on any atom is -0.461 e. The molecule has 6 nitrogen and oxygen atoms in total. The summed E-state index contributed by atoms with van der Waals surface area (Å²) in [6.07, 6.45) is 1.59. The minimum absolute atomic E-state index is 0.105. The van der Waals surface area contributed by atoms with Crippen molar-refractivity contribution >= 4 is 46.6 Å². The number of furan rings is 1. The SMILES string of the molecule is CC(C)n1c(SCC(=O)Nc2c(Cl)cccc2Cl)nnc1-c1ccco1. The summed E-state index contributed by atoms with van der Waals surface area (Å²) < 4.78 is 7.34. The van der Waals surface area contributed by atoms with E-state index in [1.807, 2.05) is 24.5 Å². The van der Waals surface area contributed by atoms with Gasteiger partial charge in [0, 0.05) is 6.04 Å². The smallest absolute Gasteiger partial charge is 0.234 e. The van der Waals surface area contributed by atoms with Gasteiger partial charge in [-0.25, -0.2) is 0 Å². The Hall–Kier alpha value is -1.96. The van der Waals surface area contributed by atoms with Crippen LogP contribution in [-0.2, 0) is 4.79 Å². The number of hydrogen-bond acceptors (Lipinski definition) is 5. The summed E-state index contributed by atoms with van der Waals surface area (Å²) in [4.78, 5) is 12.3. The van der Waals surface area contributed by atoms with E-state index in [0.717, 1.165) is 0 Å². The number of nitrogens with zero attached hydrogens (tertiary/aromatic N) is 3. The summed E-state index contributed by atoms with van der Waals surface area (Å²) in [6.45, 7) is 4.03. The Bertz CT molecular complexity index is 889. The predicted octanol–water partition coefficient (Wildman–Crippen LogP) is 5.16. The molecule has 0 saturated carbocycles. The second-order valence-corrected chi connectivity index (χ2v) is 7.44. The number of para-hydroxylation sites is 1. The number of carbonyl (C=O) groups is 1. The van der Waals surface area contributed by atoms with E-state index in [-0.39, 0.29) is 17.7 Å². The lowest BCUT2D eigenvalue weighted by molar-refractivity contribution is -0.113. The standard InChI is InChI=1S/C17H16Cl2N4O2S/c1-10(2)23-16(13-7-4-8-25-13)21-22-17(23)26-9-14(24)20-15-11(18)5-3-6-12(15)19/h3-8,10H,9H2,1-2H3,(H,20,24). The summed E-state index contributed by atoms with van der Waals surface area (Å²) in [6, 6.07) is 8.78. The van der Waals surface area contributed by atoms with Crippen LogP contribution in [0.25, 0.3) is 11.6 Å². The fourth-order valence-corrected chi connectivity index (χ4v) is 3.70. The van der Waals surface area contributed by atoms with Crippen LogP contribution >= 0.6 is 35.0 Å². The maximum absolute atomic E-state index is 12.3. The molecule has 1 aromatic carbocycles. The van der Waals surface area contributed by atoms with Gasteiger partial charge in [0.25, 0.3) is 0 Å². The van der Waals surface area contributed by atoms with Crippen LogP contribution in [0.2, 0.25) is 10.0 Å². The van der Waals surface area contributed by atoms with E-state index in [2.05, 4.69) is 15.5 Å². The van der Waals surface area contributed by atoms with Crippen LogP contribution in [-0.4, -0.2) is 26.4 Å². The van der Waals surface area contributed by atoms with Gasteiger partial charge in [-0.05, 0) is 38.1 Å². The number of nitrogens with one attached hydrogen (secondary N) is 1. The first-order chi connectivity index (χ1) is 12.5. The van der Waals surface area contributed by atoms with Crippen LogP contribution in [0, 0.1) is 0 Å². The molecule has 0 radical (unpaired) electrons. The third-order valence-electron chi connectivity index (χ3n) is 3.48. The van der Waals surface area contributed by atoms with Gasteiger partial charge in [0.15, 0.2) is 10.9 Å². The molecule has 0 fully saturated rings. The van der Waals surface area contributed by atoms with Gasteiger partial charge in [-0.15, -0.1) is 10.2 Å². The van der Waals surface area contributed by atoms with Gasteiger partial charge < -0.3 is 9.73 Å². The van der Waals surface area contributed by atoms with Crippen molar-refractivity contribution in [1.82, 2.24) is 14.8 Å². The summed E-state index contributed by atoms with van der Waals surface area (Å²) in [5.74, 6) is 1.17. The molecule has 1 N–H and O–H groups in total. The van der Waals surface area contributed by atoms with Crippen molar-refractivity contribution in [2.75, 3.05) is 11.1 Å². The third kappa shape index (κ3) is 4.06.